The van der Waals surface area contributed by atoms with Gasteiger partial charge in [-0.15, -0.1) is 0 Å². The molecule has 4 nitrogen and oxygen atoms in total. The van der Waals surface area contributed by atoms with Gasteiger partial charge in [0.1, 0.15) is 5.75 Å². The highest BCUT2D eigenvalue weighted by atomic mass is 35.5. The van der Waals surface area contributed by atoms with Crippen LogP contribution in [-0.4, -0.2) is 30.8 Å². The van der Waals surface area contributed by atoms with Crippen molar-refractivity contribution in [2.24, 2.45) is 5.92 Å². The summed E-state index contributed by atoms with van der Waals surface area (Å²) >= 11 is 5.93. The van der Waals surface area contributed by atoms with E-state index in [-0.39, 0.29) is 29.2 Å². The second-order valence-corrected chi connectivity index (χ2v) is 4.85. The predicted molar refractivity (Wildman–Crippen MR) is 71.1 cm³/mol. The maximum atomic E-state index is 12.0. The van der Waals surface area contributed by atoms with Crippen LogP contribution in [0.3, 0.4) is 0 Å². The zero-order valence-corrected chi connectivity index (χ0v) is 11.5. The van der Waals surface area contributed by atoms with Crippen LogP contribution in [-0.2, 0) is 4.74 Å². The van der Waals surface area contributed by atoms with Gasteiger partial charge in [-0.3, -0.25) is 4.79 Å². The number of benzene rings is 1. The Morgan fingerprint density at radius 1 is 1.50 bits per heavy atom. The first-order valence-electron chi connectivity index (χ1n) is 5.74. The van der Waals surface area contributed by atoms with E-state index in [1.807, 2.05) is 13.8 Å². The lowest BCUT2D eigenvalue weighted by atomic mass is 10.0. The van der Waals surface area contributed by atoms with E-state index in [1.165, 1.54) is 18.2 Å². The highest BCUT2D eigenvalue weighted by Gasteiger charge is 2.18. The van der Waals surface area contributed by atoms with E-state index in [2.05, 4.69) is 5.32 Å². The lowest BCUT2D eigenvalue weighted by molar-refractivity contribution is 0.0866. The third-order valence-electron chi connectivity index (χ3n) is 2.66. The summed E-state index contributed by atoms with van der Waals surface area (Å²) in [5.41, 5.74) is 0.262. The van der Waals surface area contributed by atoms with Crippen molar-refractivity contribution in [1.29, 1.82) is 0 Å². The van der Waals surface area contributed by atoms with Crippen LogP contribution in [0.25, 0.3) is 0 Å². The number of ether oxygens (including phenoxy) is 1. The molecule has 1 aromatic carbocycles. The van der Waals surface area contributed by atoms with Gasteiger partial charge in [0, 0.05) is 7.11 Å². The Bertz CT molecular complexity index is 421. The molecule has 0 aliphatic heterocycles. The van der Waals surface area contributed by atoms with Gasteiger partial charge in [-0.05, 0) is 24.1 Å². The number of aromatic hydroxyl groups is 1. The lowest BCUT2D eigenvalue weighted by Crippen LogP contribution is -2.41. The predicted octanol–water partition coefficient (Wildman–Crippen LogP) is 2.45. The van der Waals surface area contributed by atoms with Gasteiger partial charge in [0.05, 0.1) is 23.2 Å². The maximum absolute atomic E-state index is 12.0. The zero-order chi connectivity index (χ0) is 13.7. The molecule has 0 fully saturated rings. The van der Waals surface area contributed by atoms with Crippen LogP contribution in [0.2, 0.25) is 5.02 Å². The fourth-order valence-electron chi connectivity index (χ4n) is 1.51. The zero-order valence-electron chi connectivity index (χ0n) is 10.7. The number of hydrogen-bond donors (Lipinski definition) is 2. The van der Waals surface area contributed by atoms with Crippen LogP contribution in [0.5, 0.6) is 5.75 Å². The Hall–Kier alpha value is -1.26. The number of nitrogens with one attached hydrogen (secondary N) is 1. The number of phenolic OH excluding ortho intramolecular Hbond substituents is 1. The van der Waals surface area contributed by atoms with Gasteiger partial charge in [0.15, 0.2) is 0 Å². The minimum absolute atomic E-state index is 0.0115. The molecule has 18 heavy (non-hydrogen) atoms. The van der Waals surface area contributed by atoms with E-state index >= 15 is 0 Å². The normalized spacial score (nSPS) is 12.5. The molecular formula is C13H18ClNO3. The Morgan fingerprint density at radius 2 is 2.17 bits per heavy atom. The summed E-state index contributed by atoms with van der Waals surface area (Å²) in [5, 5.41) is 12.5. The number of phenols is 1. The maximum Gasteiger partial charge on any atom is 0.253 e. The van der Waals surface area contributed by atoms with Crippen molar-refractivity contribution in [1.82, 2.24) is 5.32 Å². The summed E-state index contributed by atoms with van der Waals surface area (Å²) in [6, 6.07) is 4.18. The van der Waals surface area contributed by atoms with E-state index in [1.54, 1.807) is 7.11 Å². The average Bonchev–Trinajstić information content (AvgIpc) is 2.31. The van der Waals surface area contributed by atoms with E-state index in [9.17, 15) is 9.90 Å². The summed E-state index contributed by atoms with van der Waals surface area (Å²) in [6.07, 6.45) is 0. The number of carbonyl (C=O) groups is 1. The van der Waals surface area contributed by atoms with Gasteiger partial charge in [-0.1, -0.05) is 25.4 Å². The van der Waals surface area contributed by atoms with Crippen LogP contribution in [0, 0.1) is 5.92 Å². The number of halogens is 1. The molecule has 1 aromatic rings. The molecule has 0 aromatic heterocycles. The number of hydrogen-bond acceptors (Lipinski definition) is 3. The first kappa shape index (κ1) is 14.8. The number of amides is 1. The second-order valence-electron chi connectivity index (χ2n) is 4.44. The van der Waals surface area contributed by atoms with Crippen LogP contribution < -0.4 is 5.32 Å². The van der Waals surface area contributed by atoms with E-state index in [0.29, 0.717) is 11.6 Å². The van der Waals surface area contributed by atoms with E-state index in [0.717, 1.165) is 0 Å². The summed E-state index contributed by atoms with van der Waals surface area (Å²) in [7, 11) is 1.59. The molecule has 0 radical (unpaired) electrons. The van der Waals surface area contributed by atoms with Crippen molar-refractivity contribution in [3.63, 3.8) is 0 Å². The van der Waals surface area contributed by atoms with Gasteiger partial charge < -0.3 is 15.2 Å². The molecule has 1 unspecified atom stereocenters. The van der Waals surface area contributed by atoms with Crippen molar-refractivity contribution < 1.29 is 14.6 Å². The fourth-order valence-corrected chi connectivity index (χ4v) is 1.72. The molecule has 1 amide bonds. The van der Waals surface area contributed by atoms with Gasteiger partial charge in [0.2, 0.25) is 0 Å². The minimum atomic E-state index is -0.313. The summed E-state index contributed by atoms with van der Waals surface area (Å²) in [5.74, 6) is -0.0611. The Labute approximate surface area is 112 Å². The van der Waals surface area contributed by atoms with Gasteiger partial charge >= 0.3 is 0 Å². The van der Waals surface area contributed by atoms with Crippen molar-refractivity contribution in [2.45, 2.75) is 19.9 Å². The molecule has 0 heterocycles. The lowest BCUT2D eigenvalue weighted by Gasteiger charge is -2.21. The SMILES string of the molecule is COCC(NC(=O)c1cc(O)ccc1Cl)C(C)C. The Balaban J connectivity index is 2.83. The van der Waals surface area contributed by atoms with Gasteiger partial charge in [0.25, 0.3) is 5.91 Å². The highest BCUT2D eigenvalue weighted by Crippen LogP contribution is 2.21. The molecule has 0 saturated carbocycles. The van der Waals surface area contributed by atoms with Gasteiger partial charge in [-0.25, -0.2) is 0 Å². The number of methoxy groups -OCH3 is 1. The molecule has 2 N–H and O–H groups in total. The molecule has 1 atom stereocenters. The van der Waals surface area contributed by atoms with Crippen LogP contribution in [0.4, 0.5) is 0 Å². The van der Waals surface area contributed by atoms with Crippen molar-refractivity contribution in [3.8, 4) is 5.75 Å². The molecule has 0 aliphatic carbocycles. The largest absolute Gasteiger partial charge is 0.508 e. The fraction of sp³-hybridized carbons (Fsp3) is 0.462. The Morgan fingerprint density at radius 3 is 2.72 bits per heavy atom. The molecule has 0 spiro atoms. The van der Waals surface area contributed by atoms with Crippen LogP contribution >= 0.6 is 11.6 Å². The molecule has 0 saturated heterocycles. The first-order chi connectivity index (χ1) is 8.45. The molecule has 5 heteroatoms. The second kappa shape index (κ2) is 6.61. The monoisotopic (exact) mass is 271 g/mol. The summed E-state index contributed by atoms with van der Waals surface area (Å²) in [4.78, 5) is 12.0. The minimum Gasteiger partial charge on any atom is -0.508 e. The number of rotatable bonds is 5. The summed E-state index contributed by atoms with van der Waals surface area (Å²) < 4.78 is 5.06. The van der Waals surface area contributed by atoms with Crippen LogP contribution in [0.15, 0.2) is 18.2 Å². The molecule has 1 rings (SSSR count). The van der Waals surface area contributed by atoms with Gasteiger partial charge in [-0.2, -0.15) is 0 Å². The molecule has 0 aliphatic rings. The molecule has 0 bridgehead atoms. The quantitative estimate of drug-likeness (QED) is 0.865. The third kappa shape index (κ3) is 3.89. The van der Waals surface area contributed by atoms with Crippen molar-refractivity contribution >= 4 is 17.5 Å². The molecular weight excluding hydrogens is 254 g/mol. The van der Waals surface area contributed by atoms with Crippen molar-refractivity contribution in [2.75, 3.05) is 13.7 Å². The number of carbonyl (C=O) groups excluding carboxylic acids is 1. The topological polar surface area (TPSA) is 58.6 Å². The summed E-state index contributed by atoms with van der Waals surface area (Å²) in [6.45, 7) is 4.42. The average molecular weight is 272 g/mol. The Kier molecular flexibility index (Phi) is 5.44. The molecule has 100 valence electrons. The third-order valence-corrected chi connectivity index (χ3v) is 2.99. The first-order valence-corrected chi connectivity index (χ1v) is 6.11. The standard InChI is InChI=1S/C13H18ClNO3/c1-8(2)12(7-18-3)15-13(17)10-6-9(16)4-5-11(10)14/h4-6,8,12,16H,7H2,1-3H3,(H,15,17). The van der Waals surface area contributed by atoms with Crippen molar-refractivity contribution in [3.05, 3.63) is 28.8 Å². The smallest absolute Gasteiger partial charge is 0.253 e. The highest BCUT2D eigenvalue weighted by molar-refractivity contribution is 6.33. The van der Waals surface area contributed by atoms with E-state index in [4.69, 9.17) is 16.3 Å². The van der Waals surface area contributed by atoms with E-state index < -0.39 is 0 Å². The van der Waals surface area contributed by atoms with Crippen LogP contribution in [0.1, 0.15) is 24.2 Å².